The number of ether oxygens (including phenoxy) is 1. The van der Waals surface area contributed by atoms with Crippen LogP contribution in [0.5, 0.6) is 0 Å². The van der Waals surface area contributed by atoms with E-state index in [0.717, 1.165) is 38.6 Å². The van der Waals surface area contributed by atoms with Crippen molar-refractivity contribution in [3.05, 3.63) is 63.5 Å². The molecule has 2 saturated heterocycles. The first-order valence-electron chi connectivity index (χ1n) is 16.3. The number of benzene rings is 1. The van der Waals surface area contributed by atoms with Crippen LogP contribution < -0.4 is 10.9 Å². The quantitative estimate of drug-likeness (QED) is 0.334. The van der Waals surface area contributed by atoms with E-state index in [1.165, 1.54) is 24.5 Å². The summed E-state index contributed by atoms with van der Waals surface area (Å²) >= 11 is 0. The minimum atomic E-state index is -3.30. The van der Waals surface area contributed by atoms with Crippen LogP contribution in [0.1, 0.15) is 87.4 Å². The number of anilines is 1. The number of rotatable bonds is 1. The van der Waals surface area contributed by atoms with E-state index in [4.69, 9.17) is 4.74 Å². The van der Waals surface area contributed by atoms with Crippen LogP contribution in [-0.2, 0) is 22.6 Å². The SMILES string of the molecule is C[C@H]1Nc2ncnc3c2cc(C2(C#N)CCOCC2)c(=O)n3CCCCCCCN2CCC(CC2)C(F)(F)c2cccc1c2F. The van der Waals surface area contributed by atoms with Gasteiger partial charge in [-0.3, -0.25) is 9.36 Å². The Morgan fingerprint density at radius 3 is 2.44 bits per heavy atom. The highest BCUT2D eigenvalue weighted by atomic mass is 19.3. The van der Waals surface area contributed by atoms with Crippen LogP contribution >= 0.6 is 0 Å². The highest BCUT2D eigenvalue weighted by molar-refractivity contribution is 5.87. The van der Waals surface area contributed by atoms with Gasteiger partial charge in [-0.15, -0.1) is 0 Å². The number of aromatic nitrogens is 3. The van der Waals surface area contributed by atoms with Crippen molar-refractivity contribution in [2.75, 3.05) is 38.2 Å². The molecule has 4 aliphatic heterocycles. The smallest absolute Gasteiger partial charge is 0.278 e. The third-order valence-electron chi connectivity index (χ3n) is 10.1. The fourth-order valence-corrected chi connectivity index (χ4v) is 7.31. The Labute approximate surface area is 261 Å². The molecule has 3 aromatic rings. The lowest BCUT2D eigenvalue weighted by molar-refractivity contribution is -0.0880. The van der Waals surface area contributed by atoms with Crippen LogP contribution in [0, 0.1) is 23.1 Å². The lowest BCUT2D eigenvalue weighted by atomic mass is 9.75. The molecule has 11 heteroatoms. The summed E-state index contributed by atoms with van der Waals surface area (Å²) in [5.74, 6) is -4.79. The Morgan fingerprint density at radius 2 is 1.71 bits per heavy atom. The topological polar surface area (TPSA) is 96.1 Å². The van der Waals surface area contributed by atoms with Crippen LogP contribution in [0.2, 0.25) is 0 Å². The number of halogens is 3. The van der Waals surface area contributed by atoms with Gasteiger partial charge in [-0.05, 0) is 71.1 Å². The Balaban J connectivity index is 1.45. The molecular formula is C34H41F3N6O2. The van der Waals surface area contributed by atoms with Gasteiger partial charge in [-0.25, -0.2) is 23.1 Å². The molecule has 240 valence electrons. The molecule has 6 heterocycles. The molecule has 1 atom stereocenters. The van der Waals surface area contributed by atoms with Crippen LogP contribution in [0.4, 0.5) is 19.0 Å². The fourth-order valence-electron chi connectivity index (χ4n) is 7.31. The first-order valence-corrected chi connectivity index (χ1v) is 16.3. The number of nitriles is 1. The molecule has 0 amide bonds. The molecule has 8 nitrogen and oxygen atoms in total. The van der Waals surface area contributed by atoms with E-state index in [2.05, 4.69) is 26.3 Å². The van der Waals surface area contributed by atoms with E-state index >= 15 is 13.2 Å². The normalized spacial score (nSPS) is 25.6. The Bertz CT molecular complexity index is 1620. The number of fused-ring (bicyclic) bond motifs is 9. The summed E-state index contributed by atoms with van der Waals surface area (Å²) in [4.78, 5) is 25.2. The molecule has 7 rings (SSSR count). The summed E-state index contributed by atoms with van der Waals surface area (Å²) in [7, 11) is 0. The number of pyridine rings is 1. The van der Waals surface area contributed by atoms with Crippen molar-refractivity contribution < 1.29 is 17.9 Å². The largest absolute Gasteiger partial charge is 0.381 e. The number of piperidine rings is 1. The molecule has 1 N–H and O–H groups in total. The zero-order chi connectivity index (χ0) is 31.6. The Kier molecular flexibility index (Phi) is 9.16. The number of aryl methyl sites for hydroxylation is 1. The molecule has 1 aromatic carbocycles. The number of hydrogen-bond donors (Lipinski definition) is 1. The molecular weight excluding hydrogens is 581 g/mol. The van der Waals surface area contributed by atoms with Crippen LogP contribution in [0.25, 0.3) is 11.0 Å². The van der Waals surface area contributed by atoms with Gasteiger partial charge in [0, 0.05) is 36.8 Å². The maximum Gasteiger partial charge on any atom is 0.278 e. The van der Waals surface area contributed by atoms with E-state index in [0.29, 0.717) is 80.9 Å². The maximum atomic E-state index is 16.0. The first kappa shape index (κ1) is 31.5. The highest BCUT2D eigenvalue weighted by Gasteiger charge is 2.45. The molecule has 0 aliphatic carbocycles. The third kappa shape index (κ3) is 6.07. The van der Waals surface area contributed by atoms with Crippen molar-refractivity contribution in [1.29, 1.82) is 5.26 Å². The molecule has 2 aromatic heterocycles. The number of nitrogens with one attached hydrogen (secondary N) is 1. The van der Waals surface area contributed by atoms with E-state index in [1.54, 1.807) is 17.6 Å². The predicted octanol–water partition coefficient (Wildman–Crippen LogP) is 6.44. The van der Waals surface area contributed by atoms with Crippen molar-refractivity contribution in [1.82, 2.24) is 19.4 Å². The second-order valence-electron chi connectivity index (χ2n) is 12.9. The minimum Gasteiger partial charge on any atom is -0.381 e. The molecule has 0 saturated carbocycles. The summed E-state index contributed by atoms with van der Waals surface area (Å²) < 4.78 is 54.9. The van der Waals surface area contributed by atoms with Crippen molar-refractivity contribution in [2.24, 2.45) is 5.92 Å². The number of alkyl halides is 2. The van der Waals surface area contributed by atoms with E-state index in [-0.39, 0.29) is 11.1 Å². The van der Waals surface area contributed by atoms with Crippen LogP contribution in [-0.4, -0.2) is 52.3 Å². The van der Waals surface area contributed by atoms with Gasteiger partial charge < -0.3 is 15.0 Å². The number of nitrogens with zero attached hydrogens (tertiary/aromatic N) is 5. The average Bonchev–Trinajstić information content (AvgIpc) is 3.05. The van der Waals surface area contributed by atoms with Gasteiger partial charge in [0.25, 0.3) is 11.5 Å². The summed E-state index contributed by atoms with van der Waals surface area (Å²) in [6, 6.07) is 7.59. The Hall–Kier alpha value is -3.49. The molecule has 2 fully saturated rings. The maximum absolute atomic E-state index is 16.0. The summed E-state index contributed by atoms with van der Waals surface area (Å²) in [6.45, 7) is 4.91. The summed E-state index contributed by atoms with van der Waals surface area (Å²) in [5.41, 5.74) is -0.930. The monoisotopic (exact) mass is 622 g/mol. The van der Waals surface area contributed by atoms with E-state index in [1.807, 2.05) is 0 Å². The predicted molar refractivity (Wildman–Crippen MR) is 166 cm³/mol. The highest BCUT2D eigenvalue weighted by Crippen LogP contribution is 2.44. The Morgan fingerprint density at radius 1 is 1.00 bits per heavy atom. The fraction of sp³-hybridized carbons (Fsp3) is 0.588. The second kappa shape index (κ2) is 13.1. The van der Waals surface area contributed by atoms with Gasteiger partial charge in [-0.1, -0.05) is 37.5 Å². The number of hydrogen-bond acceptors (Lipinski definition) is 7. The van der Waals surface area contributed by atoms with Crippen LogP contribution in [0.3, 0.4) is 0 Å². The summed E-state index contributed by atoms with van der Waals surface area (Å²) in [5, 5.41) is 14.1. The molecule has 4 aliphatic rings. The summed E-state index contributed by atoms with van der Waals surface area (Å²) in [6.07, 6.45) is 7.45. The second-order valence-corrected chi connectivity index (χ2v) is 12.9. The molecule has 0 spiro atoms. The zero-order valence-electron chi connectivity index (χ0n) is 25.8. The first-order chi connectivity index (χ1) is 21.7. The van der Waals surface area contributed by atoms with Gasteiger partial charge in [0.1, 0.15) is 23.6 Å². The standard InChI is InChI=1S/C34H41F3N6O2/c1-23-25-8-7-9-27(29(25)35)34(36,37)24-10-16-42(17-11-24)14-5-3-2-4-6-15-43-31-26(30(41-23)39-22-40-31)20-28(32(43)44)33(21-38)12-18-45-19-13-33/h7-9,20,22-24H,2-6,10-19H2,1H3,(H,39,40,41)/t23-/m1/s1. The van der Waals surface area contributed by atoms with E-state index < -0.39 is 34.7 Å². The van der Waals surface area contributed by atoms with Crippen molar-refractivity contribution in [3.8, 4) is 6.07 Å². The van der Waals surface area contributed by atoms with Gasteiger partial charge >= 0.3 is 0 Å². The zero-order valence-corrected chi connectivity index (χ0v) is 25.8. The molecule has 8 bridgehead atoms. The molecule has 45 heavy (non-hydrogen) atoms. The van der Waals surface area contributed by atoms with Gasteiger partial charge in [0.05, 0.1) is 28.5 Å². The van der Waals surface area contributed by atoms with Crippen molar-refractivity contribution in [3.63, 3.8) is 0 Å². The van der Waals surface area contributed by atoms with Crippen molar-refractivity contribution in [2.45, 2.75) is 88.6 Å². The van der Waals surface area contributed by atoms with Gasteiger partial charge in [0.15, 0.2) is 0 Å². The minimum absolute atomic E-state index is 0.105. The molecule has 0 unspecified atom stereocenters. The van der Waals surface area contributed by atoms with E-state index in [9.17, 15) is 10.1 Å². The van der Waals surface area contributed by atoms with Crippen LogP contribution in [0.15, 0.2) is 35.4 Å². The van der Waals surface area contributed by atoms with Gasteiger partial charge in [-0.2, -0.15) is 5.26 Å². The van der Waals surface area contributed by atoms with Gasteiger partial charge in [0.2, 0.25) is 0 Å². The average molecular weight is 623 g/mol. The third-order valence-corrected chi connectivity index (χ3v) is 10.1. The molecule has 0 radical (unpaired) electrons. The lowest BCUT2D eigenvalue weighted by Gasteiger charge is -2.36. The lowest BCUT2D eigenvalue weighted by Crippen LogP contribution is -2.40. The van der Waals surface area contributed by atoms with Crippen molar-refractivity contribution >= 4 is 16.9 Å².